The minimum absolute atomic E-state index is 0.0716. The molecule has 0 bridgehead atoms. The summed E-state index contributed by atoms with van der Waals surface area (Å²) >= 11 is 0. The molecule has 2 atom stereocenters. The first-order valence-electron chi connectivity index (χ1n) is 10.9. The Bertz CT molecular complexity index is 1240. The summed E-state index contributed by atoms with van der Waals surface area (Å²) in [5.74, 6) is -4.59. The van der Waals surface area contributed by atoms with Crippen molar-refractivity contribution in [2.75, 3.05) is 27.4 Å². The molecule has 0 heterocycles. The second-order valence-corrected chi connectivity index (χ2v) is 9.80. The summed E-state index contributed by atoms with van der Waals surface area (Å²) in [6, 6.07) is 8.50. The molecule has 0 aromatic heterocycles. The van der Waals surface area contributed by atoms with Crippen molar-refractivity contribution >= 4 is 31.1 Å². The van der Waals surface area contributed by atoms with Crippen LogP contribution in [0.15, 0.2) is 36.4 Å². The number of ketones is 2. The van der Waals surface area contributed by atoms with Gasteiger partial charge in [-0.2, -0.15) is 0 Å². The van der Waals surface area contributed by atoms with Crippen molar-refractivity contribution in [1.82, 2.24) is 0 Å². The van der Waals surface area contributed by atoms with E-state index >= 15 is 0 Å². The minimum Gasteiger partial charge on any atom is -0.504 e. The van der Waals surface area contributed by atoms with Gasteiger partial charge in [0.15, 0.2) is 23.1 Å². The number of ether oxygens (including phenoxy) is 3. The molecule has 0 radical (unpaired) electrons. The molecule has 0 saturated heterocycles. The van der Waals surface area contributed by atoms with Crippen LogP contribution in [0.25, 0.3) is 0 Å². The summed E-state index contributed by atoms with van der Waals surface area (Å²) in [7, 11) is -2.33. The van der Waals surface area contributed by atoms with Gasteiger partial charge in [-0.3, -0.25) is 18.9 Å². The highest BCUT2D eigenvalue weighted by atomic mass is 31.2. The minimum atomic E-state index is -4.35. The SMILES string of the molecule is CCOC(=O)C(Oc1ccc2c(c1O)C(=O)c1ccccc1C2=O)C(C(=O)OCC)P(=O)(OC)OC. The average Bonchev–Trinajstić information content (AvgIpc) is 2.87. The quantitative estimate of drug-likeness (QED) is 0.310. The fraction of sp³-hybridized carbons (Fsp3) is 0.333. The van der Waals surface area contributed by atoms with E-state index in [1.165, 1.54) is 32.0 Å². The predicted molar refractivity (Wildman–Crippen MR) is 125 cm³/mol. The number of fused-ring (bicyclic) bond motifs is 2. The van der Waals surface area contributed by atoms with Gasteiger partial charge in [-0.1, -0.05) is 24.3 Å². The number of phenols is 1. The molecule has 2 unspecified atom stereocenters. The molecule has 11 nitrogen and oxygen atoms in total. The van der Waals surface area contributed by atoms with Crippen molar-refractivity contribution in [3.05, 3.63) is 58.7 Å². The molecule has 0 aliphatic heterocycles. The van der Waals surface area contributed by atoms with Crippen LogP contribution in [0, 0.1) is 0 Å². The van der Waals surface area contributed by atoms with Gasteiger partial charge in [0.05, 0.1) is 18.8 Å². The van der Waals surface area contributed by atoms with Crippen molar-refractivity contribution in [3.63, 3.8) is 0 Å². The van der Waals surface area contributed by atoms with Gasteiger partial charge in [-0.15, -0.1) is 0 Å². The van der Waals surface area contributed by atoms with Gasteiger partial charge in [0, 0.05) is 30.9 Å². The maximum atomic E-state index is 13.3. The van der Waals surface area contributed by atoms with Crippen LogP contribution in [-0.4, -0.2) is 67.8 Å². The fourth-order valence-corrected chi connectivity index (χ4v) is 5.25. The molecular formula is C24H25O11P. The number of phenolic OH excluding ortho intramolecular Hbond substituents is 1. The zero-order chi connectivity index (χ0) is 26.6. The molecular weight excluding hydrogens is 495 g/mol. The summed E-state index contributed by atoms with van der Waals surface area (Å²) in [4.78, 5) is 51.7. The van der Waals surface area contributed by atoms with Crippen LogP contribution in [0.1, 0.15) is 45.7 Å². The van der Waals surface area contributed by atoms with Gasteiger partial charge in [0.1, 0.15) is 0 Å². The summed E-state index contributed by atoms with van der Waals surface area (Å²) in [5.41, 5.74) is -2.10. The Kier molecular flexibility index (Phi) is 8.29. The van der Waals surface area contributed by atoms with Crippen molar-refractivity contribution in [2.45, 2.75) is 25.6 Å². The van der Waals surface area contributed by atoms with E-state index in [1.807, 2.05) is 0 Å². The Labute approximate surface area is 206 Å². The molecule has 36 heavy (non-hydrogen) atoms. The Balaban J connectivity index is 2.13. The molecule has 2 aromatic carbocycles. The maximum Gasteiger partial charge on any atom is 0.348 e. The van der Waals surface area contributed by atoms with E-state index in [0.717, 1.165) is 20.3 Å². The van der Waals surface area contributed by atoms with Crippen molar-refractivity contribution in [3.8, 4) is 11.5 Å². The van der Waals surface area contributed by atoms with E-state index in [9.17, 15) is 28.8 Å². The summed E-state index contributed by atoms with van der Waals surface area (Å²) < 4.78 is 38.8. The number of esters is 2. The molecule has 2 aromatic rings. The van der Waals surface area contributed by atoms with Gasteiger partial charge in [-0.25, -0.2) is 4.79 Å². The van der Waals surface area contributed by atoms with Crippen molar-refractivity contribution in [1.29, 1.82) is 0 Å². The Morgan fingerprint density at radius 1 is 0.861 bits per heavy atom. The monoisotopic (exact) mass is 520 g/mol. The van der Waals surface area contributed by atoms with Crippen LogP contribution in [0.3, 0.4) is 0 Å². The first kappa shape index (κ1) is 27.1. The number of hydrogen-bond acceptors (Lipinski definition) is 11. The molecule has 0 saturated carbocycles. The van der Waals surface area contributed by atoms with Crippen molar-refractivity contribution in [2.24, 2.45) is 0 Å². The highest BCUT2D eigenvalue weighted by molar-refractivity contribution is 7.55. The average molecular weight is 520 g/mol. The summed E-state index contributed by atoms with van der Waals surface area (Å²) in [5, 5.41) is 11.0. The number of benzene rings is 2. The lowest BCUT2D eigenvalue weighted by atomic mass is 9.83. The second kappa shape index (κ2) is 11.0. The highest BCUT2D eigenvalue weighted by Gasteiger charge is 2.52. The topological polar surface area (TPSA) is 152 Å². The standard InChI is InChI=1S/C24H25O11P/c1-5-33-23(28)21(22(24(29)34-6-2)36(30,31-3)32-4)35-16-12-11-15-17(20(16)27)19(26)14-10-8-7-9-13(14)18(15)25/h7-12,21-22,27H,5-6H2,1-4H3. The van der Waals surface area contributed by atoms with Crippen LogP contribution in [0.5, 0.6) is 11.5 Å². The Hall–Kier alpha value is -3.53. The first-order valence-corrected chi connectivity index (χ1v) is 12.5. The second-order valence-electron chi connectivity index (χ2n) is 7.43. The third kappa shape index (κ3) is 4.77. The van der Waals surface area contributed by atoms with Crippen LogP contribution in [0.4, 0.5) is 0 Å². The van der Waals surface area contributed by atoms with Crippen LogP contribution >= 0.6 is 7.60 Å². The zero-order valence-corrected chi connectivity index (χ0v) is 20.9. The van der Waals surface area contributed by atoms with Crippen LogP contribution in [0.2, 0.25) is 0 Å². The normalized spacial score (nSPS) is 14.3. The number of hydrogen-bond donors (Lipinski definition) is 1. The van der Waals surface area contributed by atoms with Crippen LogP contribution < -0.4 is 4.74 Å². The molecule has 12 heteroatoms. The molecule has 1 aliphatic carbocycles. The van der Waals surface area contributed by atoms with Crippen molar-refractivity contribution < 1.29 is 52.1 Å². The van der Waals surface area contributed by atoms with Gasteiger partial charge < -0.3 is 28.4 Å². The maximum absolute atomic E-state index is 13.3. The van der Waals surface area contributed by atoms with E-state index < -0.39 is 54.4 Å². The lowest BCUT2D eigenvalue weighted by Gasteiger charge is -2.29. The lowest BCUT2D eigenvalue weighted by Crippen LogP contribution is -2.46. The first-order chi connectivity index (χ1) is 17.1. The van der Waals surface area contributed by atoms with Crippen LogP contribution in [-0.2, 0) is 32.7 Å². The van der Waals surface area contributed by atoms with Gasteiger partial charge in [0.2, 0.25) is 11.8 Å². The zero-order valence-electron chi connectivity index (χ0n) is 20.0. The fourth-order valence-electron chi connectivity index (χ4n) is 3.80. The summed E-state index contributed by atoms with van der Waals surface area (Å²) in [6.07, 6.45) is -1.97. The van der Waals surface area contributed by atoms with E-state index in [2.05, 4.69) is 0 Å². The number of carbonyl (C=O) groups excluding carboxylic acids is 4. The largest absolute Gasteiger partial charge is 0.504 e. The van der Waals surface area contributed by atoms with E-state index in [-0.39, 0.29) is 35.5 Å². The third-order valence-corrected chi connectivity index (χ3v) is 7.65. The third-order valence-electron chi connectivity index (χ3n) is 5.47. The smallest absolute Gasteiger partial charge is 0.348 e. The lowest BCUT2D eigenvalue weighted by molar-refractivity contribution is -0.158. The van der Waals surface area contributed by atoms with E-state index in [1.54, 1.807) is 12.1 Å². The molecule has 1 N–H and O–H groups in total. The molecule has 192 valence electrons. The Morgan fingerprint density at radius 2 is 1.42 bits per heavy atom. The molecule has 0 spiro atoms. The summed E-state index contributed by atoms with van der Waals surface area (Å²) in [6.45, 7) is 2.74. The Morgan fingerprint density at radius 3 is 1.97 bits per heavy atom. The highest BCUT2D eigenvalue weighted by Crippen LogP contribution is 2.54. The van der Waals surface area contributed by atoms with Gasteiger partial charge in [0.25, 0.3) is 0 Å². The van der Waals surface area contributed by atoms with E-state index in [0.29, 0.717) is 0 Å². The van der Waals surface area contributed by atoms with E-state index in [4.69, 9.17) is 23.3 Å². The van der Waals surface area contributed by atoms with Gasteiger partial charge >= 0.3 is 19.5 Å². The number of rotatable bonds is 10. The number of carbonyl (C=O) groups is 4. The molecule has 0 amide bonds. The number of aromatic hydroxyl groups is 1. The molecule has 1 aliphatic rings. The van der Waals surface area contributed by atoms with Gasteiger partial charge in [-0.05, 0) is 26.0 Å². The molecule has 3 rings (SSSR count). The predicted octanol–water partition coefficient (Wildman–Crippen LogP) is 2.90. The molecule has 0 fully saturated rings.